The van der Waals surface area contributed by atoms with Gasteiger partial charge in [0.2, 0.25) is 0 Å². The summed E-state index contributed by atoms with van der Waals surface area (Å²) in [5.41, 5.74) is 20.2. The Hall–Kier alpha value is -6.64. The largest absolute Gasteiger partial charge is 0.310 e. The maximum atomic E-state index is 2.45. The summed E-state index contributed by atoms with van der Waals surface area (Å²) in [6.45, 7) is 9.41. The Morgan fingerprint density at radius 2 is 0.839 bits per heavy atom. The first kappa shape index (κ1) is 32.8. The molecular weight excluding hydrogens is 677 g/mol. The zero-order chi connectivity index (χ0) is 37.8. The lowest BCUT2D eigenvalue weighted by atomic mass is 9.82. The summed E-state index contributed by atoms with van der Waals surface area (Å²) in [5, 5.41) is 2.52. The molecule has 9 aromatic rings. The summed E-state index contributed by atoms with van der Waals surface area (Å²) in [6, 6.07) is 67.5. The molecule has 2 aliphatic rings. The molecule has 11 rings (SSSR count). The topological polar surface area (TPSA) is 8.17 Å². The van der Waals surface area contributed by atoms with E-state index in [1.165, 1.54) is 83.1 Å². The molecule has 0 fully saturated rings. The quantitative estimate of drug-likeness (QED) is 0.172. The number of benzene rings is 8. The minimum atomic E-state index is -0.0473. The average molecular weight is 719 g/mol. The molecule has 1 aromatic heterocycles. The maximum absolute atomic E-state index is 2.45. The third kappa shape index (κ3) is 4.69. The van der Waals surface area contributed by atoms with Gasteiger partial charge in [-0.3, -0.25) is 0 Å². The van der Waals surface area contributed by atoms with Crippen molar-refractivity contribution >= 4 is 38.9 Å². The highest BCUT2D eigenvalue weighted by atomic mass is 15.1. The summed E-state index contributed by atoms with van der Waals surface area (Å²) in [7, 11) is 0. The van der Waals surface area contributed by atoms with Crippen LogP contribution in [0.25, 0.3) is 60.9 Å². The van der Waals surface area contributed by atoms with Crippen molar-refractivity contribution in [2.24, 2.45) is 0 Å². The van der Waals surface area contributed by atoms with Gasteiger partial charge in [0, 0.05) is 44.4 Å². The third-order valence-corrected chi connectivity index (χ3v) is 12.8. The molecule has 0 amide bonds. The van der Waals surface area contributed by atoms with E-state index in [1.807, 2.05) is 0 Å². The van der Waals surface area contributed by atoms with Crippen LogP contribution in [0.2, 0.25) is 0 Å². The van der Waals surface area contributed by atoms with Gasteiger partial charge in [0.05, 0.1) is 11.0 Å². The summed E-state index contributed by atoms with van der Waals surface area (Å²) >= 11 is 0. The Labute approximate surface area is 328 Å². The van der Waals surface area contributed by atoms with Gasteiger partial charge in [0.1, 0.15) is 0 Å². The summed E-state index contributed by atoms with van der Waals surface area (Å²) in [4.78, 5) is 2.45. The number of hydrogen-bond acceptors (Lipinski definition) is 1. The first-order valence-electron chi connectivity index (χ1n) is 19.8. The van der Waals surface area contributed by atoms with Gasteiger partial charge in [0.15, 0.2) is 0 Å². The molecule has 0 saturated carbocycles. The van der Waals surface area contributed by atoms with Crippen molar-refractivity contribution in [3.05, 3.63) is 204 Å². The number of hydrogen-bond donors (Lipinski definition) is 0. The van der Waals surface area contributed by atoms with Crippen LogP contribution in [0.15, 0.2) is 182 Å². The predicted molar refractivity (Wildman–Crippen MR) is 236 cm³/mol. The highest BCUT2D eigenvalue weighted by Crippen LogP contribution is 2.53. The molecule has 2 heteroatoms. The van der Waals surface area contributed by atoms with Gasteiger partial charge in [-0.25, -0.2) is 0 Å². The van der Waals surface area contributed by atoms with Crippen molar-refractivity contribution in [3.63, 3.8) is 0 Å². The zero-order valence-electron chi connectivity index (χ0n) is 32.2. The first-order valence-corrected chi connectivity index (χ1v) is 19.8. The second kappa shape index (κ2) is 11.9. The molecule has 56 heavy (non-hydrogen) atoms. The van der Waals surface area contributed by atoms with Gasteiger partial charge in [-0.15, -0.1) is 0 Å². The predicted octanol–water partition coefficient (Wildman–Crippen LogP) is 14.5. The minimum absolute atomic E-state index is 0.0473. The summed E-state index contributed by atoms with van der Waals surface area (Å²) < 4.78 is 2.38. The molecular formula is C54H42N2. The molecule has 0 radical (unpaired) electrons. The van der Waals surface area contributed by atoms with Crippen molar-refractivity contribution in [1.29, 1.82) is 0 Å². The van der Waals surface area contributed by atoms with Gasteiger partial charge < -0.3 is 9.47 Å². The van der Waals surface area contributed by atoms with E-state index in [4.69, 9.17) is 0 Å². The van der Waals surface area contributed by atoms with Crippen molar-refractivity contribution in [3.8, 4) is 39.1 Å². The fraction of sp³-hybridized carbons (Fsp3) is 0.111. The number of fused-ring (bicyclic) bond motifs is 9. The van der Waals surface area contributed by atoms with E-state index in [0.29, 0.717) is 0 Å². The van der Waals surface area contributed by atoms with E-state index < -0.39 is 0 Å². The molecule has 2 nitrogen and oxygen atoms in total. The molecule has 0 spiro atoms. The van der Waals surface area contributed by atoms with Gasteiger partial charge in [-0.05, 0) is 122 Å². The van der Waals surface area contributed by atoms with Crippen molar-refractivity contribution in [1.82, 2.24) is 4.57 Å². The van der Waals surface area contributed by atoms with Crippen LogP contribution >= 0.6 is 0 Å². The monoisotopic (exact) mass is 718 g/mol. The molecule has 0 unspecified atom stereocenters. The molecule has 0 saturated heterocycles. The van der Waals surface area contributed by atoms with Crippen LogP contribution in [0.3, 0.4) is 0 Å². The molecule has 268 valence electrons. The lowest BCUT2D eigenvalue weighted by Gasteiger charge is -2.28. The smallest absolute Gasteiger partial charge is 0.0541 e. The van der Waals surface area contributed by atoms with Crippen LogP contribution in [0.4, 0.5) is 17.1 Å². The Morgan fingerprint density at radius 1 is 0.357 bits per heavy atom. The maximum Gasteiger partial charge on any atom is 0.0541 e. The second-order valence-corrected chi connectivity index (χ2v) is 16.6. The van der Waals surface area contributed by atoms with Gasteiger partial charge >= 0.3 is 0 Å². The molecule has 1 heterocycles. The molecule has 8 aromatic carbocycles. The van der Waals surface area contributed by atoms with E-state index in [9.17, 15) is 0 Å². The molecule has 0 atom stereocenters. The van der Waals surface area contributed by atoms with Crippen LogP contribution < -0.4 is 4.90 Å². The van der Waals surface area contributed by atoms with Gasteiger partial charge in [0.25, 0.3) is 0 Å². The minimum Gasteiger partial charge on any atom is -0.310 e. The lowest BCUT2D eigenvalue weighted by Crippen LogP contribution is -2.16. The molecule has 0 N–H and O–H groups in total. The first-order chi connectivity index (χ1) is 27.3. The average Bonchev–Trinajstić information content (AvgIpc) is 3.78. The van der Waals surface area contributed by atoms with Crippen molar-refractivity contribution in [2.45, 2.75) is 38.5 Å². The van der Waals surface area contributed by atoms with Gasteiger partial charge in [-0.2, -0.15) is 0 Å². The standard InChI is InChI=1S/C54H42N2/c1-53(2)47-19-11-8-16-41(47)44-33-39(27-29-49(44)53)55(40-28-30-50-45(34-40)42-17-9-12-20-48(42)54(50,3)4)38-25-22-35(23-26-38)36-24-31-52-46(32-36)43-18-10-13-21-51(43)56(52)37-14-6-5-7-15-37/h5-34H,1-4H3. The zero-order valence-corrected chi connectivity index (χ0v) is 32.2. The van der Waals surface area contributed by atoms with E-state index >= 15 is 0 Å². The number of para-hydroxylation sites is 2. The van der Waals surface area contributed by atoms with E-state index in [0.717, 1.165) is 17.1 Å². The number of aromatic nitrogens is 1. The highest BCUT2D eigenvalue weighted by Gasteiger charge is 2.37. The summed E-state index contributed by atoms with van der Waals surface area (Å²) in [5.74, 6) is 0. The van der Waals surface area contributed by atoms with Crippen LogP contribution in [0.5, 0.6) is 0 Å². The fourth-order valence-corrected chi connectivity index (χ4v) is 9.95. The molecule has 0 aliphatic heterocycles. The third-order valence-electron chi connectivity index (χ3n) is 12.8. The van der Waals surface area contributed by atoms with Gasteiger partial charge in [-0.1, -0.05) is 143 Å². The Kier molecular flexibility index (Phi) is 6.98. The second-order valence-electron chi connectivity index (χ2n) is 16.6. The van der Waals surface area contributed by atoms with E-state index in [1.54, 1.807) is 0 Å². The SMILES string of the molecule is CC1(C)c2ccccc2-c2cc(N(c3ccc(-c4ccc5c(c4)c4ccccc4n5-c4ccccc4)cc3)c3ccc4c(c3)-c3ccccc3C4(C)C)ccc21. The summed E-state index contributed by atoms with van der Waals surface area (Å²) in [6.07, 6.45) is 0. The normalized spacial score (nSPS) is 14.4. The molecule has 0 bridgehead atoms. The van der Waals surface area contributed by atoms with Crippen LogP contribution in [-0.4, -0.2) is 4.57 Å². The Bertz CT molecular complexity index is 2910. The number of nitrogens with zero attached hydrogens (tertiary/aromatic N) is 2. The molecule has 2 aliphatic carbocycles. The highest BCUT2D eigenvalue weighted by molar-refractivity contribution is 6.10. The van der Waals surface area contributed by atoms with Crippen molar-refractivity contribution in [2.75, 3.05) is 4.90 Å². The lowest BCUT2D eigenvalue weighted by molar-refractivity contribution is 0.660. The van der Waals surface area contributed by atoms with E-state index in [2.05, 4.69) is 219 Å². The van der Waals surface area contributed by atoms with Crippen LogP contribution in [-0.2, 0) is 10.8 Å². The van der Waals surface area contributed by atoms with E-state index in [-0.39, 0.29) is 10.8 Å². The van der Waals surface area contributed by atoms with Crippen LogP contribution in [0.1, 0.15) is 49.9 Å². The Balaban J connectivity index is 1.05. The number of anilines is 3. The van der Waals surface area contributed by atoms with Crippen LogP contribution in [0, 0.1) is 0 Å². The number of rotatable bonds is 5. The fourth-order valence-electron chi connectivity index (χ4n) is 9.95. The van der Waals surface area contributed by atoms with Crippen molar-refractivity contribution < 1.29 is 0 Å². The Morgan fingerprint density at radius 3 is 1.46 bits per heavy atom.